The zero-order valence-electron chi connectivity index (χ0n) is 10.7. The molecule has 98 valence electrons. The van der Waals surface area contributed by atoms with Gasteiger partial charge in [0.1, 0.15) is 0 Å². The zero-order valence-corrected chi connectivity index (χ0v) is 10.7. The van der Waals surface area contributed by atoms with Crippen LogP contribution in [0.25, 0.3) is 0 Å². The summed E-state index contributed by atoms with van der Waals surface area (Å²) in [6, 6.07) is 0.371. The highest BCUT2D eigenvalue weighted by atomic mass is 16.1. The van der Waals surface area contributed by atoms with Gasteiger partial charge in [-0.15, -0.1) is 0 Å². The highest BCUT2D eigenvalue weighted by molar-refractivity contribution is 5.73. The molecule has 1 atom stereocenters. The van der Waals surface area contributed by atoms with Crippen molar-refractivity contribution in [3.8, 4) is 0 Å². The first-order valence-electron chi connectivity index (χ1n) is 6.66. The number of likely N-dealkylation sites (tertiary alicyclic amines) is 1. The number of hydrogen-bond acceptors (Lipinski definition) is 4. The molecule has 2 saturated heterocycles. The Morgan fingerprint density at radius 2 is 1.94 bits per heavy atom. The maximum atomic E-state index is 11.0. The van der Waals surface area contributed by atoms with E-state index in [2.05, 4.69) is 20.4 Å². The van der Waals surface area contributed by atoms with Gasteiger partial charge in [-0.05, 0) is 6.42 Å². The topological polar surface area (TPSA) is 47.6 Å². The number of carbonyl (C=O) groups excluding carboxylic acids is 1. The van der Waals surface area contributed by atoms with E-state index in [1.807, 2.05) is 0 Å². The third-order valence-electron chi connectivity index (χ3n) is 3.62. The summed E-state index contributed by atoms with van der Waals surface area (Å²) in [4.78, 5) is 15.9. The standard InChI is InChI=1S/C12H24N4O/c1-11(17)14-12-2-5-16(10-12)9-8-15-6-3-13-4-7-15/h12-13H,2-10H2,1H3,(H,14,17). The average molecular weight is 240 g/mol. The molecule has 0 aliphatic carbocycles. The lowest BCUT2D eigenvalue weighted by atomic mass is 10.2. The summed E-state index contributed by atoms with van der Waals surface area (Å²) in [7, 11) is 0. The molecule has 0 spiro atoms. The average Bonchev–Trinajstić information content (AvgIpc) is 2.75. The van der Waals surface area contributed by atoms with E-state index in [1.165, 1.54) is 13.1 Å². The van der Waals surface area contributed by atoms with Crippen molar-refractivity contribution in [3.63, 3.8) is 0 Å². The molecule has 0 aromatic heterocycles. The van der Waals surface area contributed by atoms with Crippen LogP contribution < -0.4 is 10.6 Å². The second kappa shape index (κ2) is 6.33. The van der Waals surface area contributed by atoms with Crippen LogP contribution in [0.2, 0.25) is 0 Å². The summed E-state index contributed by atoms with van der Waals surface area (Å²) < 4.78 is 0. The summed E-state index contributed by atoms with van der Waals surface area (Å²) in [5.41, 5.74) is 0. The van der Waals surface area contributed by atoms with E-state index < -0.39 is 0 Å². The largest absolute Gasteiger partial charge is 0.352 e. The van der Waals surface area contributed by atoms with Gasteiger partial charge in [-0.25, -0.2) is 0 Å². The molecule has 2 rings (SSSR count). The van der Waals surface area contributed by atoms with Gasteiger partial charge in [0.25, 0.3) is 0 Å². The fraction of sp³-hybridized carbons (Fsp3) is 0.917. The monoisotopic (exact) mass is 240 g/mol. The van der Waals surface area contributed by atoms with Gasteiger partial charge < -0.3 is 10.6 Å². The molecular formula is C12H24N4O. The van der Waals surface area contributed by atoms with Gasteiger partial charge in [0, 0.05) is 65.3 Å². The molecule has 0 aromatic rings. The molecule has 2 N–H and O–H groups in total. The number of amides is 1. The first-order chi connectivity index (χ1) is 8.24. The van der Waals surface area contributed by atoms with Crippen molar-refractivity contribution in [2.45, 2.75) is 19.4 Å². The SMILES string of the molecule is CC(=O)NC1CCN(CCN2CCNCC2)C1. The van der Waals surface area contributed by atoms with Gasteiger partial charge in [-0.3, -0.25) is 14.6 Å². The van der Waals surface area contributed by atoms with E-state index >= 15 is 0 Å². The van der Waals surface area contributed by atoms with Gasteiger partial charge in [-0.1, -0.05) is 0 Å². The van der Waals surface area contributed by atoms with Crippen LogP contribution in [0.5, 0.6) is 0 Å². The zero-order chi connectivity index (χ0) is 12.1. The van der Waals surface area contributed by atoms with Gasteiger partial charge in [0.05, 0.1) is 0 Å². The number of nitrogens with zero attached hydrogens (tertiary/aromatic N) is 2. The van der Waals surface area contributed by atoms with E-state index in [4.69, 9.17) is 0 Å². The summed E-state index contributed by atoms with van der Waals surface area (Å²) in [5, 5.41) is 6.37. The number of hydrogen-bond donors (Lipinski definition) is 2. The summed E-state index contributed by atoms with van der Waals surface area (Å²) in [5.74, 6) is 0.0963. The minimum atomic E-state index is 0.0963. The smallest absolute Gasteiger partial charge is 0.217 e. The maximum absolute atomic E-state index is 11.0. The Morgan fingerprint density at radius 3 is 2.65 bits per heavy atom. The van der Waals surface area contributed by atoms with E-state index in [1.54, 1.807) is 6.92 Å². The molecular weight excluding hydrogens is 216 g/mol. The number of piperazine rings is 1. The highest BCUT2D eigenvalue weighted by Gasteiger charge is 2.23. The van der Waals surface area contributed by atoms with Gasteiger partial charge >= 0.3 is 0 Å². The van der Waals surface area contributed by atoms with E-state index in [9.17, 15) is 4.79 Å². The predicted octanol–water partition coefficient (Wildman–Crippen LogP) is -0.898. The number of nitrogens with one attached hydrogen (secondary N) is 2. The number of carbonyl (C=O) groups is 1. The lowest BCUT2D eigenvalue weighted by molar-refractivity contribution is -0.119. The molecule has 2 aliphatic rings. The quantitative estimate of drug-likeness (QED) is 0.669. The summed E-state index contributed by atoms with van der Waals surface area (Å²) in [6.45, 7) is 10.6. The Balaban J connectivity index is 1.62. The molecule has 0 radical (unpaired) electrons. The molecule has 0 bridgehead atoms. The normalized spacial score (nSPS) is 27.2. The molecule has 5 nitrogen and oxygen atoms in total. The van der Waals surface area contributed by atoms with Crippen molar-refractivity contribution in [3.05, 3.63) is 0 Å². The molecule has 5 heteroatoms. The van der Waals surface area contributed by atoms with Crippen LogP contribution in [-0.2, 0) is 4.79 Å². The Kier molecular flexibility index (Phi) is 4.76. The van der Waals surface area contributed by atoms with Crippen LogP contribution in [0.3, 0.4) is 0 Å². The molecule has 1 unspecified atom stereocenters. The fourth-order valence-corrected chi connectivity index (χ4v) is 2.66. The van der Waals surface area contributed by atoms with Crippen molar-refractivity contribution >= 4 is 5.91 Å². The first-order valence-corrected chi connectivity index (χ1v) is 6.66. The second-order valence-corrected chi connectivity index (χ2v) is 5.08. The molecule has 0 aromatic carbocycles. The van der Waals surface area contributed by atoms with E-state index in [0.29, 0.717) is 6.04 Å². The summed E-state index contributed by atoms with van der Waals surface area (Å²) in [6.07, 6.45) is 1.10. The minimum absolute atomic E-state index is 0.0963. The Labute approximate surface area is 104 Å². The van der Waals surface area contributed by atoms with Crippen LogP contribution in [0, 0.1) is 0 Å². The minimum Gasteiger partial charge on any atom is -0.352 e. The van der Waals surface area contributed by atoms with Gasteiger partial charge in [0.2, 0.25) is 5.91 Å². The third kappa shape index (κ3) is 4.26. The van der Waals surface area contributed by atoms with E-state index in [-0.39, 0.29) is 5.91 Å². The van der Waals surface area contributed by atoms with Crippen LogP contribution in [0.4, 0.5) is 0 Å². The van der Waals surface area contributed by atoms with E-state index in [0.717, 1.165) is 45.7 Å². The molecule has 2 fully saturated rings. The van der Waals surface area contributed by atoms with Gasteiger partial charge in [0.15, 0.2) is 0 Å². The maximum Gasteiger partial charge on any atom is 0.217 e. The summed E-state index contributed by atoms with van der Waals surface area (Å²) >= 11 is 0. The molecule has 0 saturated carbocycles. The van der Waals surface area contributed by atoms with Crippen molar-refractivity contribution in [2.24, 2.45) is 0 Å². The van der Waals surface area contributed by atoms with Crippen molar-refractivity contribution in [2.75, 3.05) is 52.4 Å². The molecule has 1 amide bonds. The third-order valence-corrected chi connectivity index (χ3v) is 3.62. The van der Waals surface area contributed by atoms with Crippen LogP contribution in [0.1, 0.15) is 13.3 Å². The Morgan fingerprint density at radius 1 is 1.24 bits per heavy atom. The molecule has 17 heavy (non-hydrogen) atoms. The van der Waals surface area contributed by atoms with Gasteiger partial charge in [-0.2, -0.15) is 0 Å². The van der Waals surface area contributed by atoms with Crippen molar-refractivity contribution in [1.29, 1.82) is 0 Å². The van der Waals surface area contributed by atoms with Crippen LogP contribution >= 0.6 is 0 Å². The second-order valence-electron chi connectivity index (χ2n) is 5.08. The van der Waals surface area contributed by atoms with Crippen LogP contribution in [0.15, 0.2) is 0 Å². The Hall–Kier alpha value is -0.650. The Bertz CT molecular complexity index is 253. The molecule has 2 aliphatic heterocycles. The van der Waals surface area contributed by atoms with Crippen molar-refractivity contribution < 1.29 is 4.79 Å². The predicted molar refractivity (Wildman–Crippen MR) is 68.0 cm³/mol. The lowest BCUT2D eigenvalue weighted by Gasteiger charge is -2.29. The highest BCUT2D eigenvalue weighted by Crippen LogP contribution is 2.08. The van der Waals surface area contributed by atoms with Crippen LogP contribution in [-0.4, -0.2) is 74.1 Å². The fourth-order valence-electron chi connectivity index (χ4n) is 2.66. The lowest BCUT2D eigenvalue weighted by Crippen LogP contribution is -2.46. The molecule has 2 heterocycles. The first kappa shape index (κ1) is 12.8. The van der Waals surface area contributed by atoms with Crippen molar-refractivity contribution in [1.82, 2.24) is 20.4 Å². The number of rotatable bonds is 4.